The Kier molecular flexibility index (Phi) is 5.77. The summed E-state index contributed by atoms with van der Waals surface area (Å²) in [6.45, 7) is 6.83. The molecule has 3 atom stereocenters. The van der Waals surface area contributed by atoms with Gasteiger partial charge in [0.2, 0.25) is 0 Å². The van der Waals surface area contributed by atoms with E-state index in [4.69, 9.17) is 4.74 Å². The van der Waals surface area contributed by atoms with Gasteiger partial charge >= 0.3 is 12.1 Å². The maximum atomic E-state index is 13.8. The highest BCUT2D eigenvalue weighted by Gasteiger charge is 2.65. The smallest absolute Gasteiger partial charge is 0.396 e. The third-order valence-electron chi connectivity index (χ3n) is 4.75. The van der Waals surface area contributed by atoms with Gasteiger partial charge in [0, 0.05) is 23.5 Å². The van der Waals surface area contributed by atoms with E-state index in [0.29, 0.717) is 0 Å². The molecule has 1 aromatic carbocycles. The maximum absolute atomic E-state index is 13.8. The number of rotatable bonds is 5. The van der Waals surface area contributed by atoms with Gasteiger partial charge in [-0.2, -0.15) is 13.2 Å². The van der Waals surface area contributed by atoms with E-state index in [1.54, 1.807) is 26.0 Å². The van der Waals surface area contributed by atoms with Crippen LogP contribution in [0.4, 0.5) is 13.2 Å². The molecular weight excluding hydrogens is 363 g/mol. The van der Waals surface area contributed by atoms with Crippen LogP contribution in [0.2, 0.25) is 0 Å². The van der Waals surface area contributed by atoms with Crippen LogP contribution in [0.5, 0.6) is 0 Å². The average molecular weight is 383 g/mol. The second kappa shape index (κ2) is 7.54. The molecule has 1 aliphatic carbocycles. The van der Waals surface area contributed by atoms with Crippen molar-refractivity contribution in [2.24, 2.45) is 5.92 Å². The van der Waals surface area contributed by atoms with Gasteiger partial charge in [-0.15, -0.1) is 0 Å². The number of nitrogens with zero attached hydrogens (tertiary/aromatic N) is 1. The molecule has 0 aromatic heterocycles. The Balaban J connectivity index is 2.64. The monoisotopic (exact) mass is 383 g/mol. The first kappa shape index (κ1) is 20.7. The zero-order valence-corrected chi connectivity index (χ0v) is 15.0. The predicted molar refractivity (Wildman–Crippen MR) is 92.7 cm³/mol. The molecule has 0 amide bonds. The van der Waals surface area contributed by atoms with Crippen LogP contribution in [0.3, 0.4) is 0 Å². The first-order valence-corrected chi connectivity index (χ1v) is 8.34. The predicted octanol–water partition coefficient (Wildman–Crippen LogP) is 4.35. The fourth-order valence-corrected chi connectivity index (χ4v) is 3.59. The Hall–Kier alpha value is -2.64. The molecule has 0 saturated heterocycles. The topological polar surface area (TPSA) is 69.4 Å². The van der Waals surface area contributed by atoms with Gasteiger partial charge in [0.1, 0.15) is 0 Å². The molecule has 0 aliphatic heterocycles. The second-order valence-electron chi connectivity index (χ2n) is 6.58. The number of carbonyl (C=O) groups is 1. The lowest BCUT2D eigenvalue weighted by molar-refractivity contribution is -0.557. The SMILES string of the molecule is C=C1C[C@@](/C=C/C(=O)OCC)([N+](=O)[O-])[C@@H](c2ccc(C)cc2)[C@H]1C(F)(F)F. The molecule has 1 saturated carbocycles. The Labute approximate surface area is 154 Å². The van der Waals surface area contributed by atoms with Crippen molar-refractivity contribution in [2.45, 2.75) is 37.9 Å². The van der Waals surface area contributed by atoms with E-state index >= 15 is 0 Å². The van der Waals surface area contributed by atoms with Crippen LogP contribution >= 0.6 is 0 Å². The van der Waals surface area contributed by atoms with Crippen LogP contribution in [0.25, 0.3) is 0 Å². The largest absolute Gasteiger partial charge is 0.463 e. The Bertz CT molecular complexity index is 770. The molecule has 0 bridgehead atoms. The third-order valence-corrected chi connectivity index (χ3v) is 4.75. The first-order valence-electron chi connectivity index (χ1n) is 8.34. The molecule has 0 N–H and O–H groups in total. The molecule has 27 heavy (non-hydrogen) atoms. The van der Waals surface area contributed by atoms with Gasteiger partial charge in [0.05, 0.1) is 18.4 Å². The molecular formula is C19H20F3NO4. The van der Waals surface area contributed by atoms with Gasteiger partial charge in [-0.3, -0.25) is 10.1 Å². The number of alkyl halides is 3. The van der Waals surface area contributed by atoms with Crippen LogP contribution in [0.15, 0.2) is 48.6 Å². The number of aryl methyl sites for hydroxylation is 1. The number of carbonyl (C=O) groups excluding carboxylic acids is 1. The first-order chi connectivity index (χ1) is 12.5. The van der Waals surface area contributed by atoms with Gasteiger partial charge in [-0.05, 0) is 19.4 Å². The minimum atomic E-state index is -4.71. The van der Waals surface area contributed by atoms with Gasteiger partial charge < -0.3 is 4.74 Å². The van der Waals surface area contributed by atoms with Crippen molar-refractivity contribution in [3.63, 3.8) is 0 Å². The molecule has 1 aliphatic rings. The number of halogens is 3. The standard InChI is InChI=1S/C19H20F3NO4/c1-4-27-15(24)9-10-18(23(25)26)11-13(3)16(19(20,21)22)17(18)14-7-5-12(2)6-8-14/h5-10,16-17H,3-4,11H2,1-2H3/b10-9+/t16-,17-,18+/m0/s1. The number of esters is 1. The lowest BCUT2D eigenvalue weighted by Crippen LogP contribution is -2.42. The zero-order chi connectivity index (χ0) is 20.4. The maximum Gasteiger partial charge on any atom is 0.396 e. The van der Waals surface area contributed by atoms with E-state index < -0.39 is 40.9 Å². The molecule has 0 heterocycles. The lowest BCUT2D eigenvalue weighted by Gasteiger charge is -2.29. The van der Waals surface area contributed by atoms with E-state index in [2.05, 4.69) is 6.58 Å². The highest BCUT2D eigenvalue weighted by molar-refractivity contribution is 5.82. The summed E-state index contributed by atoms with van der Waals surface area (Å²) in [5, 5.41) is 12.0. The summed E-state index contributed by atoms with van der Waals surface area (Å²) in [5.74, 6) is -4.47. The van der Waals surface area contributed by atoms with Crippen molar-refractivity contribution < 1.29 is 27.6 Å². The van der Waals surface area contributed by atoms with E-state index in [9.17, 15) is 28.1 Å². The summed E-state index contributed by atoms with van der Waals surface area (Å²) < 4.78 is 46.0. The summed E-state index contributed by atoms with van der Waals surface area (Å²) in [6.07, 6.45) is -3.47. The normalized spacial score (nSPS) is 25.7. The van der Waals surface area contributed by atoms with Gasteiger partial charge in [-0.1, -0.05) is 42.0 Å². The van der Waals surface area contributed by atoms with Crippen molar-refractivity contribution in [2.75, 3.05) is 6.61 Å². The van der Waals surface area contributed by atoms with Crippen LogP contribution in [-0.4, -0.2) is 29.2 Å². The summed E-state index contributed by atoms with van der Waals surface area (Å²) in [6, 6.07) is 6.11. The number of hydrogen-bond donors (Lipinski definition) is 0. The quantitative estimate of drug-likeness (QED) is 0.249. The molecule has 1 aromatic rings. The zero-order valence-electron chi connectivity index (χ0n) is 15.0. The molecule has 1 fully saturated rings. The van der Waals surface area contributed by atoms with E-state index in [1.165, 1.54) is 12.1 Å². The fraction of sp³-hybridized carbons (Fsp3) is 0.421. The molecule has 5 nitrogen and oxygen atoms in total. The van der Waals surface area contributed by atoms with Crippen molar-refractivity contribution in [3.05, 3.63) is 69.8 Å². The molecule has 0 radical (unpaired) electrons. The summed E-state index contributed by atoms with van der Waals surface area (Å²) in [4.78, 5) is 22.8. The Morgan fingerprint density at radius 2 is 2.00 bits per heavy atom. The minimum Gasteiger partial charge on any atom is -0.463 e. The second-order valence-corrected chi connectivity index (χ2v) is 6.58. The highest BCUT2D eigenvalue weighted by atomic mass is 19.4. The average Bonchev–Trinajstić information content (AvgIpc) is 2.88. The van der Waals surface area contributed by atoms with Gasteiger partial charge in [0.25, 0.3) is 5.54 Å². The number of nitro groups is 1. The Morgan fingerprint density at radius 3 is 2.48 bits per heavy atom. The third kappa shape index (κ3) is 4.04. The number of ether oxygens (including phenoxy) is 1. The van der Waals surface area contributed by atoms with E-state index in [1.807, 2.05) is 0 Å². The molecule has 2 rings (SSSR count). The Morgan fingerprint density at radius 1 is 1.41 bits per heavy atom. The summed E-state index contributed by atoms with van der Waals surface area (Å²) in [5.41, 5.74) is -1.43. The molecule has 0 unspecified atom stereocenters. The van der Waals surface area contributed by atoms with E-state index in [0.717, 1.165) is 17.7 Å². The van der Waals surface area contributed by atoms with Crippen molar-refractivity contribution >= 4 is 5.97 Å². The van der Waals surface area contributed by atoms with Crippen LogP contribution < -0.4 is 0 Å². The van der Waals surface area contributed by atoms with Crippen molar-refractivity contribution in [1.82, 2.24) is 0 Å². The lowest BCUT2D eigenvalue weighted by atomic mass is 9.77. The molecule has 8 heteroatoms. The van der Waals surface area contributed by atoms with Gasteiger partial charge in [-0.25, -0.2) is 4.79 Å². The minimum absolute atomic E-state index is 0.0495. The van der Waals surface area contributed by atoms with Crippen LogP contribution in [0, 0.1) is 23.0 Å². The number of benzene rings is 1. The van der Waals surface area contributed by atoms with Crippen molar-refractivity contribution in [1.29, 1.82) is 0 Å². The summed E-state index contributed by atoms with van der Waals surface area (Å²) in [7, 11) is 0. The van der Waals surface area contributed by atoms with E-state index in [-0.39, 0.29) is 17.7 Å². The highest BCUT2D eigenvalue weighted by Crippen LogP contribution is 2.57. The fourth-order valence-electron chi connectivity index (χ4n) is 3.59. The van der Waals surface area contributed by atoms with Crippen LogP contribution in [-0.2, 0) is 9.53 Å². The van der Waals surface area contributed by atoms with Gasteiger partial charge in [0.15, 0.2) is 0 Å². The van der Waals surface area contributed by atoms with Crippen molar-refractivity contribution in [3.8, 4) is 0 Å². The summed E-state index contributed by atoms with van der Waals surface area (Å²) >= 11 is 0. The molecule has 0 spiro atoms. The number of hydrogen-bond acceptors (Lipinski definition) is 4. The molecule has 146 valence electrons. The van der Waals surface area contributed by atoms with Crippen LogP contribution in [0.1, 0.15) is 30.4 Å².